The highest BCUT2D eigenvalue weighted by Gasteiger charge is 2.21. The molecule has 0 atom stereocenters. The predicted molar refractivity (Wildman–Crippen MR) is 64.9 cm³/mol. The second kappa shape index (κ2) is 4.48. The molecule has 1 aliphatic rings. The molecule has 0 saturated heterocycles. The Morgan fingerprint density at radius 1 is 1.39 bits per heavy atom. The number of carbonyl (C=O) groups excluding carboxylic acids is 1. The summed E-state index contributed by atoms with van der Waals surface area (Å²) in [4.78, 5) is 22.4. The summed E-state index contributed by atoms with van der Waals surface area (Å²) in [6.07, 6.45) is 0.977. The number of carboxylic acid groups (broad SMARTS) is 1. The van der Waals surface area contributed by atoms with Crippen LogP contribution in [0, 0.1) is 0 Å². The van der Waals surface area contributed by atoms with Crippen LogP contribution in [0.4, 0.5) is 5.69 Å². The third-order valence-corrected chi connectivity index (χ3v) is 2.66. The third kappa shape index (κ3) is 2.17. The van der Waals surface area contributed by atoms with Crippen LogP contribution < -0.4 is 5.01 Å². The van der Waals surface area contributed by atoms with Gasteiger partial charge in [0.25, 0.3) is 0 Å². The number of hydrogen-bond acceptors (Lipinski definition) is 4. The Morgan fingerprint density at radius 2 is 2.11 bits per heavy atom. The number of aromatic carboxylic acids is 1. The summed E-state index contributed by atoms with van der Waals surface area (Å²) >= 11 is 0. The Bertz CT molecular complexity index is 551. The fourth-order valence-corrected chi connectivity index (χ4v) is 1.70. The summed E-state index contributed by atoms with van der Waals surface area (Å²) in [6.45, 7) is 1.81. The topological polar surface area (TPSA) is 90.2 Å². The minimum absolute atomic E-state index is 0.178. The molecule has 2 rings (SSSR count). The van der Waals surface area contributed by atoms with Gasteiger partial charge in [0.2, 0.25) is 5.91 Å². The van der Waals surface area contributed by atoms with E-state index in [1.165, 1.54) is 23.2 Å². The molecule has 0 bridgehead atoms. The quantitative estimate of drug-likeness (QED) is 0.831. The van der Waals surface area contributed by atoms with Crippen LogP contribution in [0.25, 0.3) is 0 Å². The standard InChI is InChI=1S/C12H12N2O4/c1-7-2-5-11(16)14(13-7)8-3-4-9(12(17)18)10(15)6-8/h3-4,6,15H,2,5H2,1H3,(H,17,18). The maximum absolute atomic E-state index is 11.7. The Balaban J connectivity index is 2.40. The van der Waals surface area contributed by atoms with Crippen LogP contribution in [0.2, 0.25) is 0 Å². The summed E-state index contributed by atoms with van der Waals surface area (Å²) in [5.74, 6) is -1.78. The Morgan fingerprint density at radius 3 is 2.72 bits per heavy atom. The zero-order valence-corrected chi connectivity index (χ0v) is 9.75. The molecule has 0 unspecified atom stereocenters. The van der Waals surface area contributed by atoms with Gasteiger partial charge >= 0.3 is 5.97 Å². The summed E-state index contributed by atoms with van der Waals surface area (Å²) in [6, 6.07) is 3.92. The molecule has 18 heavy (non-hydrogen) atoms. The van der Waals surface area contributed by atoms with E-state index in [1.54, 1.807) is 0 Å². The molecule has 6 nitrogen and oxygen atoms in total. The number of hydrogen-bond donors (Lipinski definition) is 2. The monoisotopic (exact) mass is 248 g/mol. The number of anilines is 1. The van der Waals surface area contributed by atoms with E-state index in [4.69, 9.17) is 5.11 Å². The fourth-order valence-electron chi connectivity index (χ4n) is 1.70. The molecule has 2 N–H and O–H groups in total. The van der Waals surface area contributed by atoms with E-state index >= 15 is 0 Å². The van der Waals surface area contributed by atoms with Crippen molar-refractivity contribution in [2.24, 2.45) is 5.10 Å². The molecule has 6 heteroatoms. The first-order chi connectivity index (χ1) is 8.49. The second-order valence-corrected chi connectivity index (χ2v) is 4.05. The highest BCUT2D eigenvalue weighted by atomic mass is 16.4. The molecular weight excluding hydrogens is 236 g/mol. The van der Waals surface area contributed by atoms with E-state index < -0.39 is 5.97 Å². The zero-order valence-electron chi connectivity index (χ0n) is 9.75. The molecule has 0 spiro atoms. The summed E-state index contributed by atoms with van der Waals surface area (Å²) in [5, 5.41) is 23.6. The van der Waals surface area contributed by atoms with Crippen molar-refractivity contribution in [3.8, 4) is 5.75 Å². The average Bonchev–Trinajstić information content (AvgIpc) is 2.31. The first-order valence-corrected chi connectivity index (χ1v) is 5.42. The molecule has 0 saturated carbocycles. The van der Waals surface area contributed by atoms with Gasteiger partial charge in [0.15, 0.2) is 0 Å². The minimum atomic E-state index is -1.22. The van der Waals surface area contributed by atoms with Crippen LogP contribution in [-0.4, -0.2) is 27.8 Å². The summed E-state index contributed by atoms with van der Waals surface area (Å²) in [5.41, 5.74) is 0.974. The van der Waals surface area contributed by atoms with Crippen LogP contribution in [-0.2, 0) is 4.79 Å². The average molecular weight is 248 g/mol. The van der Waals surface area contributed by atoms with Crippen molar-refractivity contribution in [1.29, 1.82) is 0 Å². The van der Waals surface area contributed by atoms with Gasteiger partial charge < -0.3 is 10.2 Å². The SMILES string of the molecule is CC1=NN(c2ccc(C(=O)O)c(O)c2)C(=O)CC1. The van der Waals surface area contributed by atoms with Crippen molar-refractivity contribution in [3.63, 3.8) is 0 Å². The van der Waals surface area contributed by atoms with Gasteiger partial charge in [-0.3, -0.25) is 4.79 Å². The maximum Gasteiger partial charge on any atom is 0.339 e. The van der Waals surface area contributed by atoms with Gasteiger partial charge in [-0.2, -0.15) is 5.10 Å². The first-order valence-electron chi connectivity index (χ1n) is 5.42. The van der Waals surface area contributed by atoms with E-state index in [0.29, 0.717) is 18.5 Å². The number of rotatable bonds is 2. The number of carboxylic acids is 1. The normalized spacial score (nSPS) is 15.5. The molecule has 1 amide bonds. The van der Waals surface area contributed by atoms with Crippen LogP contribution in [0.5, 0.6) is 5.75 Å². The molecule has 1 aromatic carbocycles. The van der Waals surface area contributed by atoms with Crippen molar-refractivity contribution in [1.82, 2.24) is 0 Å². The summed E-state index contributed by atoms with van der Waals surface area (Å²) in [7, 11) is 0. The van der Waals surface area contributed by atoms with Crippen LogP contribution in [0.3, 0.4) is 0 Å². The lowest BCUT2D eigenvalue weighted by molar-refractivity contribution is -0.118. The van der Waals surface area contributed by atoms with Gasteiger partial charge in [-0.25, -0.2) is 9.80 Å². The number of phenols is 1. The number of amides is 1. The molecule has 0 aliphatic carbocycles. The fraction of sp³-hybridized carbons (Fsp3) is 0.250. The highest BCUT2D eigenvalue weighted by Crippen LogP contribution is 2.27. The largest absolute Gasteiger partial charge is 0.507 e. The van der Waals surface area contributed by atoms with Crippen molar-refractivity contribution >= 4 is 23.3 Å². The Labute approximate surface area is 103 Å². The van der Waals surface area contributed by atoms with Crippen molar-refractivity contribution < 1.29 is 19.8 Å². The molecule has 94 valence electrons. The number of nitrogens with zero attached hydrogens (tertiary/aromatic N) is 2. The van der Waals surface area contributed by atoms with E-state index in [-0.39, 0.29) is 17.2 Å². The van der Waals surface area contributed by atoms with Gasteiger partial charge in [-0.15, -0.1) is 0 Å². The smallest absolute Gasteiger partial charge is 0.339 e. The van der Waals surface area contributed by atoms with Gasteiger partial charge in [0.1, 0.15) is 11.3 Å². The first kappa shape index (κ1) is 12.1. The van der Waals surface area contributed by atoms with Gasteiger partial charge in [-0.05, 0) is 25.5 Å². The molecule has 1 aromatic rings. The number of aromatic hydroxyl groups is 1. The van der Waals surface area contributed by atoms with Crippen LogP contribution in [0.1, 0.15) is 30.1 Å². The third-order valence-electron chi connectivity index (χ3n) is 2.66. The lowest BCUT2D eigenvalue weighted by Gasteiger charge is -2.22. The van der Waals surface area contributed by atoms with Crippen molar-refractivity contribution in [2.45, 2.75) is 19.8 Å². The Hall–Kier alpha value is -2.37. The maximum atomic E-state index is 11.7. The van der Waals surface area contributed by atoms with Gasteiger partial charge in [-0.1, -0.05) is 0 Å². The number of benzene rings is 1. The number of hydrazone groups is 1. The Kier molecular flexibility index (Phi) is 3.01. The molecule has 0 fully saturated rings. The predicted octanol–water partition coefficient (Wildman–Crippen LogP) is 1.59. The van der Waals surface area contributed by atoms with E-state index in [0.717, 1.165) is 5.71 Å². The lowest BCUT2D eigenvalue weighted by atomic mass is 10.1. The van der Waals surface area contributed by atoms with Gasteiger partial charge in [0.05, 0.1) is 5.69 Å². The van der Waals surface area contributed by atoms with E-state index in [1.807, 2.05) is 6.92 Å². The highest BCUT2D eigenvalue weighted by molar-refractivity contribution is 6.01. The minimum Gasteiger partial charge on any atom is -0.507 e. The summed E-state index contributed by atoms with van der Waals surface area (Å²) < 4.78 is 0. The van der Waals surface area contributed by atoms with Crippen molar-refractivity contribution in [2.75, 3.05) is 5.01 Å². The molecular formula is C12H12N2O4. The van der Waals surface area contributed by atoms with E-state index in [2.05, 4.69) is 5.10 Å². The van der Waals surface area contributed by atoms with Crippen LogP contribution in [0.15, 0.2) is 23.3 Å². The van der Waals surface area contributed by atoms with Crippen LogP contribution >= 0.6 is 0 Å². The molecule has 1 aliphatic heterocycles. The van der Waals surface area contributed by atoms with Crippen molar-refractivity contribution in [3.05, 3.63) is 23.8 Å². The molecule has 0 aromatic heterocycles. The lowest BCUT2D eigenvalue weighted by Crippen LogP contribution is -2.30. The van der Waals surface area contributed by atoms with E-state index in [9.17, 15) is 14.7 Å². The second-order valence-electron chi connectivity index (χ2n) is 4.05. The molecule has 1 heterocycles. The molecule has 0 radical (unpaired) electrons. The van der Waals surface area contributed by atoms with Gasteiger partial charge in [0, 0.05) is 18.2 Å². The number of carbonyl (C=O) groups is 2. The zero-order chi connectivity index (χ0) is 13.3.